The van der Waals surface area contributed by atoms with Crippen LogP contribution in [-0.2, 0) is 6.42 Å². The molecular formula is C12H9ClFNO4. The molecule has 0 amide bonds. The van der Waals surface area contributed by atoms with Crippen molar-refractivity contribution in [1.82, 2.24) is 0 Å². The van der Waals surface area contributed by atoms with Crippen LogP contribution in [0.4, 0.5) is 10.3 Å². The van der Waals surface area contributed by atoms with Crippen LogP contribution in [0.3, 0.4) is 0 Å². The summed E-state index contributed by atoms with van der Waals surface area (Å²) >= 11 is 5.83. The van der Waals surface area contributed by atoms with Gasteiger partial charge in [-0.25, -0.2) is 4.39 Å². The van der Waals surface area contributed by atoms with Gasteiger partial charge in [-0.3, -0.25) is 10.1 Å². The Labute approximate surface area is 112 Å². The summed E-state index contributed by atoms with van der Waals surface area (Å²) < 4.78 is 18.4. The van der Waals surface area contributed by atoms with Crippen molar-refractivity contribution in [3.05, 3.63) is 62.6 Å². The Morgan fingerprint density at radius 1 is 1.42 bits per heavy atom. The molecule has 0 radical (unpaired) electrons. The van der Waals surface area contributed by atoms with Crippen molar-refractivity contribution >= 4 is 17.5 Å². The fourth-order valence-corrected chi connectivity index (χ4v) is 1.88. The molecule has 0 aliphatic rings. The van der Waals surface area contributed by atoms with E-state index in [1.165, 1.54) is 24.3 Å². The van der Waals surface area contributed by atoms with E-state index in [4.69, 9.17) is 16.0 Å². The molecule has 100 valence electrons. The van der Waals surface area contributed by atoms with Gasteiger partial charge in [-0.1, -0.05) is 17.7 Å². The molecule has 1 unspecified atom stereocenters. The van der Waals surface area contributed by atoms with Crippen molar-refractivity contribution in [2.24, 2.45) is 0 Å². The summed E-state index contributed by atoms with van der Waals surface area (Å²) in [5.41, 5.74) is 0.135. The van der Waals surface area contributed by atoms with Crippen molar-refractivity contribution in [3.63, 3.8) is 0 Å². The van der Waals surface area contributed by atoms with Crippen LogP contribution in [0.25, 0.3) is 0 Å². The summed E-state index contributed by atoms with van der Waals surface area (Å²) in [6.07, 6.45) is -1.33. The lowest BCUT2D eigenvalue weighted by atomic mass is 10.1. The lowest BCUT2D eigenvalue weighted by Gasteiger charge is -2.09. The minimum Gasteiger partial charge on any atom is -0.403 e. The lowest BCUT2D eigenvalue weighted by Crippen LogP contribution is -2.03. The molecule has 19 heavy (non-hydrogen) atoms. The molecule has 0 bridgehead atoms. The van der Waals surface area contributed by atoms with E-state index >= 15 is 0 Å². The molecule has 0 saturated heterocycles. The Kier molecular flexibility index (Phi) is 3.82. The lowest BCUT2D eigenvalue weighted by molar-refractivity contribution is -0.402. The Morgan fingerprint density at radius 3 is 2.74 bits per heavy atom. The molecule has 5 nitrogen and oxygen atoms in total. The molecule has 0 saturated carbocycles. The fraction of sp³-hybridized carbons (Fsp3) is 0.167. The van der Waals surface area contributed by atoms with Gasteiger partial charge in [-0.2, -0.15) is 0 Å². The molecule has 1 aromatic carbocycles. The van der Waals surface area contributed by atoms with Gasteiger partial charge in [0.25, 0.3) is 0 Å². The average molecular weight is 286 g/mol. The predicted molar refractivity (Wildman–Crippen MR) is 65.4 cm³/mol. The summed E-state index contributed by atoms with van der Waals surface area (Å²) in [4.78, 5) is 9.74. The minimum absolute atomic E-state index is 0.00832. The first-order chi connectivity index (χ1) is 8.99. The van der Waals surface area contributed by atoms with Gasteiger partial charge in [-0.15, -0.1) is 0 Å². The highest BCUT2D eigenvalue weighted by Crippen LogP contribution is 2.28. The highest BCUT2D eigenvalue weighted by Gasteiger charge is 2.20. The average Bonchev–Trinajstić information content (AvgIpc) is 2.83. The van der Waals surface area contributed by atoms with E-state index in [1.807, 2.05) is 0 Å². The number of hydrogen-bond acceptors (Lipinski definition) is 4. The second-order valence-electron chi connectivity index (χ2n) is 3.85. The molecule has 0 fully saturated rings. The zero-order valence-corrected chi connectivity index (χ0v) is 10.3. The number of rotatable bonds is 4. The molecular weight excluding hydrogens is 277 g/mol. The van der Waals surface area contributed by atoms with Gasteiger partial charge in [0.05, 0.1) is 6.07 Å². The maximum atomic E-state index is 13.5. The first-order valence-corrected chi connectivity index (χ1v) is 5.72. The molecule has 2 aromatic rings. The molecule has 0 aliphatic carbocycles. The number of nitro groups is 1. The monoisotopic (exact) mass is 285 g/mol. The standard InChI is InChI=1S/C12H9ClFNO4/c13-8-2-1-3-9(14)7(8)6-10(16)11-4-5-12(19-11)15(17)18/h1-5,10,16H,6H2. The Morgan fingerprint density at radius 2 is 2.16 bits per heavy atom. The highest BCUT2D eigenvalue weighted by molar-refractivity contribution is 6.31. The SMILES string of the molecule is O=[N+]([O-])c1ccc(C(O)Cc2c(F)cccc2Cl)o1. The van der Waals surface area contributed by atoms with Gasteiger partial charge in [-0.05, 0) is 18.2 Å². The van der Waals surface area contributed by atoms with Crippen LogP contribution < -0.4 is 0 Å². The molecule has 1 aromatic heterocycles. The van der Waals surface area contributed by atoms with Crippen LogP contribution in [0.15, 0.2) is 34.7 Å². The molecule has 0 spiro atoms. The van der Waals surface area contributed by atoms with E-state index < -0.39 is 22.7 Å². The van der Waals surface area contributed by atoms with Gasteiger partial charge < -0.3 is 9.52 Å². The molecule has 2 rings (SSSR count). The summed E-state index contributed by atoms with van der Waals surface area (Å²) in [6.45, 7) is 0. The number of benzene rings is 1. The molecule has 1 atom stereocenters. The molecule has 1 N–H and O–H groups in total. The number of aliphatic hydroxyl groups excluding tert-OH is 1. The van der Waals surface area contributed by atoms with E-state index in [2.05, 4.69) is 0 Å². The topological polar surface area (TPSA) is 76.5 Å². The number of nitrogens with zero attached hydrogens (tertiary/aromatic N) is 1. The van der Waals surface area contributed by atoms with Gasteiger partial charge in [0, 0.05) is 17.0 Å². The number of halogens is 2. The summed E-state index contributed by atoms with van der Waals surface area (Å²) in [5, 5.41) is 20.5. The smallest absolute Gasteiger partial charge is 0.403 e. The zero-order valence-electron chi connectivity index (χ0n) is 9.55. The van der Waals surface area contributed by atoms with Crippen molar-refractivity contribution < 1.29 is 18.8 Å². The molecule has 1 heterocycles. The van der Waals surface area contributed by atoms with Crippen LogP contribution in [0.2, 0.25) is 5.02 Å². The van der Waals surface area contributed by atoms with E-state index in [1.54, 1.807) is 0 Å². The van der Waals surface area contributed by atoms with E-state index in [9.17, 15) is 19.6 Å². The van der Waals surface area contributed by atoms with Crippen molar-refractivity contribution in [2.45, 2.75) is 12.5 Å². The first-order valence-electron chi connectivity index (χ1n) is 5.34. The van der Waals surface area contributed by atoms with Crippen molar-refractivity contribution in [1.29, 1.82) is 0 Å². The number of hydrogen-bond donors (Lipinski definition) is 1. The fourth-order valence-electron chi connectivity index (χ4n) is 1.64. The van der Waals surface area contributed by atoms with Crippen LogP contribution in [0.1, 0.15) is 17.4 Å². The van der Waals surface area contributed by atoms with Gasteiger partial charge in [0.15, 0.2) is 0 Å². The summed E-state index contributed by atoms with van der Waals surface area (Å²) in [5.74, 6) is -1.03. The summed E-state index contributed by atoms with van der Waals surface area (Å²) in [6, 6.07) is 6.57. The van der Waals surface area contributed by atoms with Crippen LogP contribution in [-0.4, -0.2) is 10.0 Å². The minimum atomic E-state index is -1.21. The third-order valence-corrected chi connectivity index (χ3v) is 2.93. The quantitative estimate of drug-likeness (QED) is 0.691. The normalized spacial score (nSPS) is 12.4. The predicted octanol–water partition coefficient (Wildman–Crippen LogP) is 3.26. The molecule has 7 heteroatoms. The van der Waals surface area contributed by atoms with Gasteiger partial charge in [0.2, 0.25) is 0 Å². The van der Waals surface area contributed by atoms with Gasteiger partial charge >= 0.3 is 5.88 Å². The van der Waals surface area contributed by atoms with Crippen LogP contribution in [0.5, 0.6) is 0 Å². The molecule has 0 aliphatic heterocycles. The third-order valence-electron chi connectivity index (χ3n) is 2.58. The second kappa shape index (κ2) is 5.38. The third kappa shape index (κ3) is 2.91. The first kappa shape index (κ1) is 13.5. The Balaban J connectivity index is 2.20. The Hall–Kier alpha value is -1.92. The maximum Gasteiger partial charge on any atom is 0.433 e. The Bertz CT molecular complexity index is 593. The van der Waals surface area contributed by atoms with E-state index in [-0.39, 0.29) is 22.8 Å². The van der Waals surface area contributed by atoms with Crippen molar-refractivity contribution in [2.75, 3.05) is 0 Å². The van der Waals surface area contributed by atoms with E-state index in [0.717, 1.165) is 6.07 Å². The van der Waals surface area contributed by atoms with E-state index in [0.29, 0.717) is 0 Å². The van der Waals surface area contributed by atoms with Crippen LogP contribution in [0, 0.1) is 15.9 Å². The van der Waals surface area contributed by atoms with Gasteiger partial charge in [0.1, 0.15) is 22.6 Å². The maximum absolute atomic E-state index is 13.5. The number of furan rings is 1. The second-order valence-corrected chi connectivity index (χ2v) is 4.26. The summed E-state index contributed by atoms with van der Waals surface area (Å²) in [7, 11) is 0. The largest absolute Gasteiger partial charge is 0.433 e. The zero-order chi connectivity index (χ0) is 14.0. The number of aliphatic hydroxyl groups is 1. The van der Waals surface area contributed by atoms with Crippen molar-refractivity contribution in [3.8, 4) is 0 Å². The van der Waals surface area contributed by atoms with Crippen LogP contribution >= 0.6 is 11.6 Å². The highest BCUT2D eigenvalue weighted by atomic mass is 35.5.